The molecule has 0 saturated carbocycles. The summed E-state index contributed by atoms with van der Waals surface area (Å²) >= 11 is 0. The van der Waals surface area contributed by atoms with Crippen LogP contribution in [0.3, 0.4) is 0 Å². The van der Waals surface area contributed by atoms with Crippen LogP contribution < -0.4 is 5.32 Å². The molecule has 0 aliphatic heterocycles. The van der Waals surface area contributed by atoms with E-state index in [1.54, 1.807) is 26.8 Å². The monoisotopic (exact) mass is 505 g/mol. The van der Waals surface area contributed by atoms with Crippen molar-refractivity contribution in [3.63, 3.8) is 0 Å². The van der Waals surface area contributed by atoms with E-state index >= 15 is 0 Å². The summed E-state index contributed by atoms with van der Waals surface area (Å²) in [5.41, 5.74) is -3.07. The van der Waals surface area contributed by atoms with Gasteiger partial charge < -0.3 is 14.8 Å². The molecule has 5 nitrogen and oxygen atoms in total. The summed E-state index contributed by atoms with van der Waals surface area (Å²) in [4.78, 5) is 24.2. The summed E-state index contributed by atoms with van der Waals surface area (Å²) in [6.45, 7) is 4.92. The summed E-state index contributed by atoms with van der Waals surface area (Å²) in [7, 11) is 1.13. The normalized spacial score (nSPS) is 13.2. The minimum atomic E-state index is -4.98. The van der Waals surface area contributed by atoms with Crippen LogP contribution in [0.2, 0.25) is 0 Å². The van der Waals surface area contributed by atoms with Crippen molar-refractivity contribution in [3.8, 4) is 0 Å². The Bertz CT molecular complexity index is 1060. The number of esters is 1. The highest BCUT2D eigenvalue weighted by atomic mass is 19.4. The molecule has 0 aliphatic rings. The first-order valence-electron chi connectivity index (χ1n) is 10.4. The fourth-order valence-electron chi connectivity index (χ4n) is 3.28. The zero-order valence-corrected chi connectivity index (χ0v) is 19.4. The van der Waals surface area contributed by atoms with E-state index < -0.39 is 47.2 Å². The Morgan fingerprint density at radius 1 is 0.914 bits per heavy atom. The lowest BCUT2D eigenvalue weighted by atomic mass is 9.95. The van der Waals surface area contributed by atoms with E-state index in [1.807, 2.05) is 0 Å². The molecule has 0 fully saturated rings. The Labute approximate surface area is 198 Å². The molecule has 2 aromatic rings. The summed E-state index contributed by atoms with van der Waals surface area (Å²) in [6, 6.07) is 6.50. The molecule has 35 heavy (non-hydrogen) atoms. The predicted molar refractivity (Wildman–Crippen MR) is 115 cm³/mol. The Morgan fingerprint density at radius 2 is 1.54 bits per heavy atom. The Balaban J connectivity index is 2.29. The van der Waals surface area contributed by atoms with Gasteiger partial charge in [-0.15, -0.1) is 0 Å². The number of halogens is 6. The first-order valence-corrected chi connectivity index (χ1v) is 10.4. The lowest BCUT2D eigenvalue weighted by molar-refractivity contribution is -0.144. The minimum Gasteiger partial charge on any atom is -0.467 e. The van der Waals surface area contributed by atoms with E-state index in [4.69, 9.17) is 9.47 Å². The molecule has 0 unspecified atom stereocenters. The first-order chi connectivity index (χ1) is 16.0. The van der Waals surface area contributed by atoms with E-state index in [2.05, 4.69) is 5.32 Å². The number of nitrogens with one attached hydrogen (secondary N) is 1. The summed E-state index contributed by atoms with van der Waals surface area (Å²) in [5, 5.41) is 2.40. The van der Waals surface area contributed by atoms with Crippen LogP contribution >= 0.6 is 0 Å². The van der Waals surface area contributed by atoms with Crippen LogP contribution in [0.1, 0.15) is 48.6 Å². The van der Waals surface area contributed by atoms with Crippen LogP contribution in [0, 0.1) is 0 Å². The third kappa shape index (κ3) is 8.48. The molecule has 0 saturated heterocycles. The average Bonchev–Trinajstić information content (AvgIpc) is 2.70. The third-order valence-electron chi connectivity index (χ3n) is 4.75. The van der Waals surface area contributed by atoms with Gasteiger partial charge in [0.2, 0.25) is 0 Å². The fourth-order valence-corrected chi connectivity index (χ4v) is 3.28. The molecule has 192 valence electrons. The van der Waals surface area contributed by atoms with Crippen molar-refractivity contribution in [2.75, 3.05) is 7.11 Å². The van der Waals surface area contributed by atoms with Crippen LogP contribution in [0.4, 0.5) is 31.1 Å². The maximum absolute atomic E-state index is 13.5. The van der Waals surface area contributed by atoms with E-state index in [1.165, 1.54) is 18.2 Å². The summed E-state index contributed by atoms with van der Waals surface area (Å²) in [6.07, 6.45) is -11.1. The lowest BCUT2D eigenvalue weighted by Gasteiger charge is -2.22. The van der Waals surface area contributed by atoms with E-state index in [9.17, 15) is 35.9 Å². The molecule has 1 amide bonds. The highest BCUT2D eigenvalue weighted by Crippen LogP contribution is 2.38. The average molecular weight is 505 g/mol. The molecule has 11 heteroatoms. The van der Waals surface area contributed by atoms with Crippen LogP contribution in [0.5, 0.6) is 0 Å². The van der Waals surface area contributed by atoms with Crippen molar-refractivity contribution in [1.82, 2.24) is 5.32 Å². The van der Waals surface area contributed by atoms with Gasteiger partial charge in [0.05, 0.1) is 18.2 Å². The third-order valence-corrected chi connectivity index (χ3v) is 4.75. The molecular formula is C24H25F6NO4. The zero-order chi connectivity index (χ0) is 26.6. The second-order valence-electron chi connectivity index (χ2n) is 8.79. The number of rotatable bonds is 6. The minimum absolute atomic E-state index is 0.0567. The van der Waals surface area contributed by atoms with Gasteiger partial charge in [-0.2, -0.15) is 26.3 Å². The van der Waals surface area contributed by atoms with Gasteiger partial charge in [0.1, 0.15) is 11.6 Å². The maximum Gasteiger partial charge on any atom is 0.416 e. The Morgan fingerprint density at radius 3 is 2.09 bits per heavy atom. The molecular weight excluding hydrogens is 480 g/mol. The van der Waals surface area contributed by atoms with Crippen LogP contribution in [-0.4, -0.2) is 30.8 Å². The number of ether oxygens (including phenoxy) is 2. The maximum atomic E-state index is 13.5. The summed E-state index contributed by atoms with van der Waals surface area (Å²) in [5.74, 6) is -0.761. The largest absolute Gasteiger partial charge is 0.467 e. The van der Waals surface area contributed by atoms with E-state index in [-0.39, 0.29) is 24.5 Å². The van der Waals surface area contributed by atoms with Crippen molar-refractivity contribution >= 4 is 12.1 Å². The molecule has 0 heterocycles. The molecule has 0 aliphatic carbocycles. The van der Waals surface area contributed by atoms with Crippen LogP contribution in [-0.2, 0) is 39.5 Å². The number of benzene rings is 2. The molecule has 0 radical (unpaired) electrons. The van der Waals surface area contributed by atoms with Gasteiger partial charge in [0.25, 0.3) is 0 Å². The molecule has 0 aromatic heterocycles. The number of hydrogen-bond donors (Lipinski definition) is 1. The number of carbonyl (C=O) groups is 2. The first kappa shape index (κ1) is 28.0. The van der Waals surface area contributed by atoms with Crippen molar-refractivity contribution < 1.29 is 45.4 Å². The van der Waals surface area contributed by atoms with Crippen LogP contribution in [0.25, 0.3) is 0 Å². The number of amides is 1. The van der Waals surface area contributed by atoms with Crippen molar-refractivity contribution in [1.29, 1.82) is 0 Å². The van der Waals surface area contributed by atoms with Crippen LogP contribution in [0.15, 0.2) is 42.5 Å². The number of methoxy groups -OCH3 is 1. The Kier molecular flexibility index (Phi) is 8.46. The second-order valence-corrected chi connectivity index (χ2v) is 8.79. The fraction of sp³-hybridized carbons (Fsp3) is 0.417. The second kappa shape index (κ2) is 10.6. The zero-order valence-electron chi connectivity index (χ0n) is 19.4. The van der Waals surface area contributed by atoms with Gasteiger partial charge in [0.15, 0.2) is 0 Å². The molecule has 0 bridgehead atoms. The van der Waals surface area contributed by atoms with Gasteiger partial charge in [-0.1, -0.05) is 30.3 Å². The predicted octanol–water partition coefficient (Wildman–Crippen LogP) is 5.92. The molecule has 1 atom stereocenters. The summed E-state index contributed by atoms with van der Waals surface area (Å²) < 4.78 is 89.0. The highest BCUT2D eigenvalue weighted by molar-refractivity contribution is 5.81. The van der Waals surface area contributed by atoms with Gasteiger partial charge in [-0.25, -0.2) is 9.59 Å². The van der Waals surface area contributed by atoms with Crippen molar-refractivity contribution in [3.05, 3.63) is 70.3 Å². The molecule has 1 N–H and O–H groups in total. The standard InChI is InChI=1S/C24H25F6NO4/c1-22(2,3)35-21(33)31-19(20(32)34-4)12-15-7-5-6-14(10-15)11-16-8-9-17(23(25,26)27)13-18(16)24(28,29)30/h5-10,13,19H,11-12H2,1-4H3,(H,31,33)/t19-/m0/s1. The number of alkyl halides is 6. The number of alkyl carbamates (subject to hydrolysis) is 1. The SMILES string of the molecule is COC(=O)[C@H](Cc1cccc(Cc2ccc(C(F)(F)F)cc2C(F)(F)F)c1)NC(=O)OC(C)(C)C. The lowest BCUT2D eigenvalue weighted by Crippen LogP contribution is -2.45. The highest BCUT2D eigenvalue weighted by Gasteiger charge is 2.38. The number of carbonyl (C=O) groups excluding carboxylic acids is 2. The van der Waals surface area contributed by atoms with Crippen molar-refractivity contribution in [2.24, 2.45) is 0 Å². The quantitative estimate of drug-likeness (QED) is 0.391. The van der Waals surface area contributed by atoms with Gasteiger partial charge in [0, 0.05) is 6.42 Å². The molecule has 2 aromatic carbocycles. The van der Waals surface area contributed by atoms with E-state index in [0.29, 0.717) is 17.2 Å². The van der Waals surface area contributed by atoms with Gasteiger partial charge >= 0.3 is 24.4 Å². The smallest absolute Gasteiger partial charge is 0.416 e. The van der Waals surface area contributed by atoms with Gasteiger partial charge in [-0.3, -0.25) is 0 Å². The molecule has 2 rings (SSSR count). The number of hydrogen-bond acceptors (Lipinski definition) is 4. The topological polar surface area (TPSA) is 64.6 Å². The molecule has 0 spiro atoms. The van der Waals surface area contributed by atoms with Crippen molar-refractivity contribution in [2.45, 2.75) is 57.6 Å². The van der Waals surface area contributed by atoms with Gasteiger partial charge in [-0.05, 0) is 56.0 Å². The Hall–Kier alpha value is -3.24. The van der Waals surface area contributed by atoms with E-state index in [0.717, 1.165) is 13.2 Å².